The minimum atomic E-state index is -0.698. The molecule has 2 aromatic carbocycles. The SMILES string of the molecule is CC(=O)c1cn(CC(=O)N2CCC[C@H]2C(=O)NCc2cccc(Cl)c2F)c2ccc(OC(=O)NCc3cscn3)cc12. The highest BCUT2D eigenvalue weighted by Crippen LogP contribution is 2.28. The smallest absolute Gasteiger partial charge is 0.410 e. The van der Waals surface area contributed by atoms with Gasteiger partial charge in [0.15, 0.2) is 5.78 Å². The molecule has 218 valence electrons. The number of likely N-dealkylation sites (tertiary alicyclic amines) is 1. The largest absolute Gasteiger partial charge is 0.412 e. The van der Waals surface area contributed by atoms with Crippen molar-refractivity contribution in [2.45, 2.75) is 45.4 Å². The Morgan fingerprint density at radius 2 is 2.00 bits per heavy atom. The van der Waals surface area contributed by atoms with Gasteiger partial charge < -0.3 is 24.8 Å². The molecule has 3 amide bonds. The molecule has 1 atom stereocenters. The van der Waals surface area contributed by atoms with Gasteiger partial charge in [0.2, 0.25) is 11.8 Å². The lowest BCUT2D eigenvalue weighted by molar-refractivity contribution is -0.138. The molecule has 0 aliphatic carbocycles. The fourth-order valence-corrected chi connectivity index (χ4v) is 5.69. The first-order valence-corrected chi connectivity index (χ1v) is 14.5. The highest BCUT2D eigenvalue weighted by molar-refractivity contribution is 7.07. The molecule has 0 radical (unpaired) electrons. The summed E-state index contributed by atoms with van der Waals surface area (Å²) in [6.07, 6.45) is 2.04. The Bertz CT molecular complexity index is 1660. The fourth-order valence-electron chi connectivity index (χ4n) is 4.94. The van der Waals surface area contributed by atoms with Gasteiger partial charge in [0.1, 0.15) is 24.2 Å². The first kappa shape index (κ1) is 29.2. The van der Waals surface area contributed by atoms with Crippen LogP contribution in [0.5, 0.6) is 5.75 Å². The lowest BCUT2D eigenvalue weighted by Gasteiger charge is -2.24. The number of hydrogen-bond acceptors (Lipinski definition) is 7. The standard InChI is InChI=1S/C29H27ClFN5O5S/c1-17(37)22-13-35(24-8-7-20(10-21(22)24)41-29(40)33-12-19-15-42-16-34-19)14-26(38)36-9-3-6-25(36)28(39)32-11-18-4-2-5-23(30)27(18)31/h2,4-5,7-8,10,13,15-16,25H,3,6,9,11-12,14H2,1H3,(H,32,39)(H,33,40)/t25-/m0/s1. The van der Waals surface area contributed by atoms with Crippen LogP contribution in [0.1, 0.15) is 41.4 Å². The van der Waals surface area contributed by atoms with Gasteiger partial charge in [-0.25, -0.2) is 14.2 Å². The van der Waals surface area contributed by atoms with E-state index in [2.05, 4.69) is 15.6 Å². The van der Waals surface area contributed by atoms with Crippen LogP contribution in [-0.2, 0) is 29.2 Å². The lowest BCUT2D eigenvalue weighted by Crippen LogP contribution is -2.46. The van der Waals surface area contributed by atoms with E-state index in [0.29, 0.717) is 41.5 Å². The minimum absolute atomic E-state index is 0.0306. The second kappa shape index (κ2) is 12.7. The number of amides is 3. The van der Waals surface area contributed by atoms with Crippen molar-refractivity contribution in [3.8, 4) is 5.75 Å². The number of ketones is 1. The Kier molecular flexibility index (Phi) is 8.83. The fraction of sp³-hybridized carbons (Fsp3) is 0.276. The van der Waals surface area contributed by atoms with Gasteiger partial charge in [0.25, 0.3) is 0 Å². The summed E-state index contributed by atoms with van der Waals surface area (Å²) in [5, 5.41) is 7.64. The molecule has 13 heteroatoms. The van der Waals surface area contributed by atoms with Crippen LogP contribution in [0.2, 0.25) is 5.02 Å². The van der Waals surface area contributed by atoms with E-state index in [4.69, 9.17) is 16.3 Å². The third-order valence-electron chi connectivity index (χ3n) is 7.01. The molecule has 10 nitrogen and oxygen atoms in total. The van der Waals surface area contributed by atoms with E-state index in [-0.39, 0.29) is 53.6 Å². The Labute approximate surface area is 249 Å². The summed E-state index contributed by atoms with van der Waals surface area (Å²) >= 11 is 7.25. The van der Waals surface area contributed by atoms with Gasteiger partial charge >= 0.3 is 6.09 Å². The zero-order valence-corrected chi connectivity index (χ0v) is 24.1. The number of carbonyl (C=O) groups excluding carboxylic acids is 4. The van der Waals surface area contributed by atoms with Crippen molar-refractivity contribution in [1.82, 2.24) is 25.1 Å². The van der Waals surface area contributed by atoms with E-state index in [1.807, 2.05) is 5.38 Å². The quantitative estimate of drug-likeness (QED) is 0.265. The first-order chi connectivity index (χ1) is 20.2. The van der Waals surface area contributed by atoms with Gasteiger partial charge in [-0.1, -0.05) is 23.7 Å². The van der Waals surface area contributed by atoms with E-state index in [1.165, 1.54) is 35.3 Å². The normalized spacial score (nSPS) is 14.6. The average Bonchev–Trinajstić information content (AvgIpc) is 3.73. The van der Waals surface area contributed by atoms with Crippen molar-refractivity contribution >= 4 is 57.5 Å². The van der Waals surface area contributed by atoms with Crippen LogP contribution < -0.4 is 15.4 Å². The van der Waals surface area contributed by atoms with Crippen LogP contribution in [0.4, 0.5) is 9.18 Å². The van der Waals surface area contributed by atoms with Gasteiger partial charge in [-0.3, -0.25) is 14.4 Å². The predicted octanol–water partition coefficient (Wildman–Crippen LogP) is 4.69. The molecule has 1 aliphatic heterocycles. The van der Waals surface area contributed by atoms with Crippen LogP contribution in [0.3, 0.4) is 0 Å². The zero-order chi connectivity index (χ0) is 29.8. The average molecular weight is 612 g/mol. The first-order valence-electron chi connectivity index (χ1n) is 13.2. The Hall–Kier alpha value is -4.29. The van der Waals surface area contributed by atoms with Gasteiger partial charge in [-0.05, 0) is 44.0 Å². The van der Waals surface area contributed by atoms with Crippen LogP contribution in [0.25, 0.3) is 10.9 Å². The van der Waals surface area contributed by atoms with Gasteiger partial charge in [-0.15, -0.1) is 11.3 Å². The monoisotopic (exact) mass is 611 g/mol. The second-order valence-corrected chi connectivity index (χ2v) is 10.9. The van der Waals surface area contributed by atoms with E-state index < -0.39 is 18.0 Å². The summed E-state index contributed by atoms with van der Waals surface area (Å²) in [6.45, 7) is 1.87. The lowest BCUT2D eigenvalue weighted by atomic mass is 10.1. The van der Waals surface area contributed by atoms with E-state index in [0.717, 1.165) is 0 Å². The number of halogens is 2. The summed E-state index contributed by atoms with van der Waals surface area (Å²) in [5.74, 6) is -1.25. The molecule has 1 fully saturated rings. The van der Waals surface area contributed by atoms with E-state index >= 15 is 0 Å². The molecular formula is C29H27ClFN5O5S. The minimum Gasteiger partial charge on any atom is -0.410 e. The number of nitrogens with one attached hydrogen (secondary N) is 2. The number of nitrogens with zero attached hydrogens (tertiary/aromatic N) is 3. The van der Waals surface area contributed by atoms with Crippen LogP contribution in [0, 0.1) is 5.82 Å². The van der Waals surface area contributed by atoms with Crippen molar-refractivity contribution in [3.05, 3.63) is 81.1 Å². The molecule has 0 saturated carbocycles. The number of hydrogen-bond donors (Lipinski definition) is 2. The zero-order valence-electron chi connectivity index (χ0n) is 22.6. The molecule has 0 spiro atoms. The van der Waals surface area contributed by atoms with Crippen LogP contribution in [0.15, 0.2) is 53.5 Å². The molecule has 1 aliphatic rings. The van der Waals surface area contributed by atoms with Gasteiger partial charge in [-0.2, -0.15) is 0 Å². The maximum atomic E-state index is 14.2. The van der Waals surface area contributed by atoms with Crippen LogP contribution >= 0.6 is 22.9 Å². The predicted molar refractivity (Wildman–Crippen MR) is 155 cm³/mol. The van der Waals surface area contributed by atoms with Crippen molar-refractivity contribution in [1.29, 1.82) is 0 Å². The molecule has 2 N–H and O–H groups in total. The van der Waals surface area contributed by atoms with Crippen molar-refractivity contribution < 1.29 is 28.3 Å². The number of ether oxygens (including phenoxy) is 1. The maximum absolute atomic E-state index is 14.2. The third kappa shape index (κ3) is 6.44. The van der Waals surface area contributed by atoms with Crippen LogP contribution in [-0.4, -0.2) is 50.7 Å². The summed E-state index contributed by atoms with van der Waals surface area (Å²) in [4.78, 5) is 56.7. The molecule has 4 aromatic rings. The van der Waals surface area contributed by atoms with E-state index in [1.54, 1.807) is 40.5 Å². The van der Waals surface area contributed by atoms with E-state index in [9.17, 15) is 23.6 Å². The molecule has 42 heavy (non-hydrogen) atoms. The third-order valence-corrected chi connectivity index (χ3v) is 7.93. The summed E-state index contributed by atoms with van der Waals surface area (Å²) < 4.78 is 21.3. The number of benzene rings is 2. The topological polar surface area (TPSA) is 123 Å². The summed E-state index contributed by atoms with van der Waals surface area (Å²) in [6, 6.07) is 8.70. The molecule has 3 heterocycles. The summed E-state index contributed by atoms with van der Waals surface area (Å²) in [5.41, 5.74) is 3.59. The Morgan fingerprint density at radius 3 is 2.76 bits per heavy atom. The number of fused-ring (bicyclic) bond motifs is 1. The number of Topliss-reactive ketones (excluding diaryl/α,β-unsaturated/α-hetero) is 1. The molecule has 2 aromatic heterocycles. The number of aromatic nitrogens is 2. The molecule has 5 rings (SSSR count). The molecular weight excluding hydrogens is 585 g/mol. The highest BCUT2D eigenvalue weighted by Gasteiger charge is 2.34. The number of rotatable bonds is 9. The number of thiazole rings is 1. The molecule has 0 bridgehead atoms. The van der Waals surface area contributed by atoms with Gasteiger partial charge in [0.05, 0.1) is 22.8 Å². The Balaban J connectivity index is 1.27. The van der Waals surface area contributed by atoms with Gasteiger partial charge in [0, 0.05) is 46.7 Å². The van der Waals surface area contributed by atoms with Crippen molar-refractivity contribution in [2.75, 3.05) is 6.54 Å². The highest BCUT2D eigenvalue weighted by atomic mass is 35.5. The van der Waals surface area contributed by atoms with Crippen molar-refractivity contribution in [3.63, 3.8) is 0 Å². The summed E-state index contributed by atoms with van der Waals surface area (Å²) in [7, 11) is 0. The van der Waals surface area contributed by atoms with Crippen molar-refractivity contribution in [2.24, 2.45) is 0 Å². The number of carbonyl (C=O) groups is 4. The molecule has 1 saturated heterocycles. The second-order valence-electron chi connectivity index (χ2n) is 9.80. The maximum Gasteiger partial charge on any atom is 0.412 e. The Morgan fingerprint density at radius 1 is 1.17 bits per heavy atom. The molecule has 0 unspecified atom stereocenters.